The lowest BCUT2D eigenvalue weighted by atomic mass is 9.95. The molecule has 5 rings (SSSR count). The Kier molecular flexibility index (Phi) is 4.72. The van der Waals surface area contributed by atoms with Crippen molar-refractivity contribution >= 4 is 16.7 Å². The first-order valence-corrected chi connectivity index (χ1v) is 10.5. The molecule has 6 nitrogen and oxygen atoms in total. The van der Waals surface area contributed by atoms with Crippen LogP contribution in [0.25, 0.3) is 22.4 Å². The monoisotopic (exact) mass is 377 g/mol. The van der Waals surface area contributed by atoms with Crippen molar-refractivity contribution in [1.29, 1.82) is 0 Å². The smallest absolute Gasteiger partial charge is 0.261 e. The molecular formula is C22H27N5O. The van der Waals surface area contributed by atoms with Gasteiger partial charge < -0.3 is 14.7 Å². The second-order valence-electron chi connectivity index (χ2n) is 8.13. The number of nitrogens with one attached hydrogen (secondary N) is 1. The van der Waals surface area contributed by atoms with Crippen LogP contribution in [0.3, 0.4) is 0 Å². The highest BCUT2D eigenvalue weighted by atomic mass is 16.5. The fourth-order valence-corrected chi connectivity index (χ4v) is 4.60. The quantitative estimate of drug-likeness (QED) is 0.738. The van der Waals surface area contributed by atoms with E-state index < -0.39 is 0 Å². The van der Waals surface area contributed by atoms with E-state index in [0.717, 1.165) is 41.8 Å². The molecule has 2 aromatic heterocycles. The third kappa shape index (κ3) is 3.49. The van der Waals surface area contributed by atoms with E-state index in [2.05, 4.69) is 38.6 Å². The third-order valence-corrected chi connectivity index (χ3v) is 6.03. The second kappa shape index (κ2) is 7.51. The van der Waals surface area contributed by atoms with Crippen molar-refractivity contribution in [3.8, 4) is 11.5 Å². The molecule has 1 aliphatic carbocycles. The third-order valence-electron chi connectivity index (χ3n) is 6.03. The molecule has 2 fully saturated rings. The van der Waals surface area contributed by atoms with Crippen molar-refractivity contribution in [3.63, 3.8) is 0 Å². The summed E-state index contributed by atoms with van der Waals surface area (Å²) in [6, 6.07) is 11.5. The Morgan fingerprint density at radius 1 is 1.04 bits per heavy atom. The van der Waals surface area contributed by atoms with Crippen LogP contribution in [0.5, 0.6) is 0 Å². The van der Waals surface area contributed by atoms with E-state index in [4.69, 9.17) is 9.51 Å². The Morgan fingerprint density at radius 2 is 1.89 bits per heavy atom. The Labute approximate surface area is 165 Å². The molecule has 3 aromatic rings. The molecule has 1 unspecified atom stereocenters. The predicted molar refractivity (Wildman–Crippen MR) is 110 cm³/mol. The molecule has 0 bridgehead atoms. The van der Waals surface area contributed by atoms with Crippen molar-refractivity contribution in [3.05, 3.63) is 36.2 Å². The standard InChI is InChI=1S/C22H27N5O/c1-15-23-22(28-26-15)19-13-16-7-5-6-10-20(16)25-21(19)27-12-11-18(14-27)24-17-8-3-2-4-9-17/h5-7,10,13,17-18,24H,2-4,8-9,11-12,14H2,1H3. The van der Waals surface area contributed by atoms with E-state index in [9.17, 15) is 0 Å². The van der Waals surface area contributed by atoms with E-state index >= 15 is 0 Å². The first kappa shape index (κ1) is 17.6. The fraction of sp³-hybridized carbons (Fsp3) is 0.500. The summed E-state index contributed by atoms with van der Waals surface area (Å²) in [5, 5.41) is 8.98. The van der Waals surface area contributed by atoms with Gasteiger partial charge in [0.15, 0.2) is 5.82 Å². The molecule has 1 aromatic carbocycles. The number of rotatable bonds is 4. The topological polar surface area (TPSA) is 67.1 Å². The summed E-state index contributed by atoms with van der Waals surface area (Å²) in [5.41, 5.74) is 1.93. The molecule has 1 aliphatic heterocycles. The summed E-state index contributed by atoms with van der Waals surface area (Å²) in [6.45, 7) is 3.82. The number of anilines is 1. The fourth-order valence-electron chi connectivity index (χ4n) is 4.60. The maximum atomic E-state index is 5.50. The number of aromatic nitrogens is 3. The molecule has 1 saturated heterocycles. The van der Waals surface area contributed by atoms with E-state index in [-0.39, 0.29) is 0 Å². The number of nitrogens with zero attached hydrogens (tertiary/aromatic N) is 4. The van der Waals surface area contributed by atoms with Crippen LogP contribution < -0.4 is 10.2 Å². The summed E-state index contributed by atoms with van der Waals surface area (Å²) >= 11 is 0. The molecule has 0 spiro atoms. The maximum Gasteiger partial charge on any atom is 0.261 e. The minimum Gasteiger partial charge on any atom is -0.354 e. The molecule has 3 heterocycles. The first-order chi connectivity index (χ1) is 13.8. The minimum absolute atomic E-state index is 0.522. The molecule has 0 amide bonds. The van der Waals surface area contributed by atoms with Crippen molar-refractivity contribution in [1.82, 2.24) is 20.4 Å². The zero-order chi connectivity index (χ0) is 18.9. The summed E-state index contributed by atoms with van der Waals surface area (Å²) in [7, 11) is 0. The lowest BCUT2D eigenvalue weighted by Gasteiger charge is -2.27. The van der Waals surface area contributed by atoms with Gasteiger partial charge in [-0.25, -0.2) is 4.98 Å². The van der Waals surface area contributed by atoms with Crippen LogP contribution in [-0.4, -0.2) is 40.3 Å². The van der Waals surface area contributed by atoms with Gasteiger partial charge in [0, 0.05) is 30.6 Å². The lowest BCUT2D eigenvalue weighted by molar-refractivity contribution is 0.344. The summed E-state index contributed by atoms with van der Waals surface area (Å²) in [6.07, 6.45) is 7.90. The highest BCUT2D eigenvalue weighted by Gasteiger charge is 2.29. The van der Waals surface area contributed by atoms with Gasteiger partial charge in [0.05, 0.1) is 11.1 Å². The van der Waals surface area contributed by atoms with Crippen LogP contribution in [0, 0.1) is 6.92 Å². The van der Waals surface area contributed by atoms with Gasteiger partial charge in [-0.15, -0.1) is 0 Å². The van der Waals surface area contributed by atoms with E-state index in [0.29, 0.717) is 23.8 Å². The van der Waals surface area contributed by atoms with Crippen molar-refractivity contribution < 1.29 is 4.52 Å². The number of hydrogen-bond acceptors (Lipinski definition) is 6. The molecule has 1 atom stereocenters. The zero-order valence-electron chi connectivity index (χ0n) is 16.4. The minimum atomic E-state index is 0.522. The molecule has 0 radical (unpaired) electrons. The van der Waals surface area contributed by atoms with Crippen LogP contribution in [0.2, 0.25) is 0 Å². The van der Waals surface area contributed by atoms with Gasteiger partial charge in [-0.2, -0.15) is 4.98 Å². The van der Waals surface area contributed by atoms with Gasteiger partial charge in [-0.05, 0) is 38.3 Å². The van der Waals surface area contributed by atoms with Crippen molar-refractivity contribution in [2.45, 2.75) is 57.5 Å². The number of hydrogen-bond donors (Lipinski definition) is 1. The molecule has 146 valence electrons. The van der Waals surface area contributed by atoms with Gasteiger partial charge in [0.25, 0.3) is 5.89 Å². The Balaban J connectivity index is 1.44. The average molecular weight is 377 g/mol. The zero-order valence-corrected chi connectivity index (χ0v) is 16.4. The Morgan fingerprint density at radius 3 is 2.71 bits per heavy atom. The first-order valence-electron chi connectivity index (χ1n) is 10.5. The van der Waals surface area contributed by atoms with Crippen molar-refractivity contribution in [2.75, 3.05) is 18.0 Å². The van der Waals surface area contributed by atoms with Gasteiger partial charge >= 0.3 is 0 Å². The number of fused-ring (bicyclic) bond motifs is 1. The highest BCUT2D eigenvalue weighted by Crippen LogP contribution is 2.33. The largest absolute Gasteiger partial charge is 0.354 e. The molecule has 1 saturated carbocycles. The van der Waals surface area contributed by atoms with E-state index in [1.54, 1.807) is 0 Å². The van der Waals surface area contributed by atoms with Gasteiger partial charge in [-0.1, -0.05) is 42.6 Å². The number of aryl methyl sites for hydroxylation is 1. The molecular weight excluding hydrogens is 350 g/mol. The van der Waals surface area contributed by atoms with Crippen LogP contribution >= 0.6 is 0 Å². The molecule has 6 heteroatoms. The SMILES string of the molecule is Cc1noc(-c2cc3ccccc3nc2N2CCC(NC3CCCCC3)C2)n1. The Bertz CT molecular complexity index is 962. The van der Waals surface area contributed by atoms with E-state index in [1.807, 2.05) is 19.1 Å². The van der Waals surface area contributed by atoms with Gasteiger partial charge in [0.2, 0.25) is 0 Å². The normalized spacial score (nSPS) is 20.9. The van der Waals surface area contributed by atoms with Crippen LogP contribution in [0.15, 0.2) is 34.9 Å². The maximum absolute atomic E-state index is 5.50. The van der Waals surface area contributed by atoms with E-state index in [1.165, 1.54) is 32.1 Å². The number of benzene rings is 1. The Hall–Kier alpha value is -2.47. The predicted octanol–water partition coefficient (Wildman–Crippen LogP) is 4.09. The van der Waals surface area contributed by atoms with Crippen LogP contribution in [-0.2, 0) is 0 Å². The summed E-state index contributed by atoms with van der Waals surface area (Å²) in [5.74, 6) is 2.15. The lowest BCUT2D eigenvalue weighted by Crippen LogP contribution is -2.41. The van der Waals surface area contributed by atoms with Crippen molar-refractivity contribution in [2.24, 2.45) is 0 Å². The van der Waals surface area contributed by atoms with Gasteiger partial charge in [-0.3, -0.25) is 0 Å². The van der Waals surface area contributed by atoms with Gasteiger partial charge in [0.1, 0.15) is 5.82 Å². The molecule has 28 heavy (non-hydrogen) atoms. The average Bonchev–Trinajstić information content (AvgIpc) is 3.37. The summed E-state index contributed by atoms with van der Waals surface area (Å²) in [4.78, 5) is 11.8. The van der Waals surface area contributed by atoms with Crippen LogP contribution in [0.4, 0.5) is 5.82 Å². The van der Waals surface area contributed by atoms with Crippen LogP contribution in [0.1, 0.15) is 44.3 Å². The second-order valence-corrected chi connectivity index (χ2v) is 8.13. The number of pyridine rings is 1. The number of para-hydroxylation sites is 1. The highest BCUT2D eigenvalue weighted by molar-refractivity contribution is 5.87. The summed E-state index contributed by atoms with van der Waals surface area (Å²) < 4.78 is 5.50. The molecule has 1 N–H and O–H groups in total. The molecule has 2 aliphatic rings.